The molecule has 5 fully saturated rings. The lowest BCUT2D eigenvalue weighted by atomic mass is 9.70. The molecule has 6 rings (SSSR count). The van der Waals surface area contributed by atoms with Crippen LogP contribution in [0.5, 0.6) is 5.75 Å². The fourth-order valence-corrected chi connectivity index (χ4v) is 6.58. The van der Waals surface area contributed by atoms with E-state index < -0.39 is 29.8 Å². The SMILES string of the molecule is C[C@@H](O)[C@H](NC(=O)c1cc(C2CC2)c(OCC23CC4CC(C2)C(C4)C3)cc1F)C(=O)O. The number of hydrogen-bond donors (Lipinski definition) is 3. The number of amides is 1. The number of carboxylic acid groups (broad SMARTS) is 1. The molecule has 1 aromatic carbocycles. The first kappa shape index (κ1) is 20.7. The van der Waals surface area contributed by atoms with Gasteiger partial charge in [-0.1, -0.05) is 0 Å². The number of aliphatic hydroxyl groups is 1. The molecule has 5 saturated carbocycles. The first-order valence-electron chi connectivity index (χ1n) is 11.4. The molecule has 1 aromatic rings. The second-order valence-electron chi connectivity index (χ2n) is 10.4. The highest BCUT2D eigenvalue weighted by molar-refractivity contribution is 5.97. The van der Waals surface area contributed by atoms with Crippen LogP contribution in [-0.4, -0.2) is 40.8 Å². The Morgan fingerprint density at radius 3 is 2.45 bits per heavy atom. The van der Waals surface area contributed by atoms with Crippen LogP contribution in [0.1, 0.15) is 73.7 Å². The lowest BCUT2D eigenvalue weighted by Crippen LogP contribution is -2.47. The highest BCUT2D eigenvalue weighted by Gasteiger charge is 2.56. The van der Waals surface area contributed by atoms with Crippen LogP contribution in [0.15, 0.2) is 12.1 Å². The van der Waals surface area contributed by atoms with Gasteiger partial charge in [0.15, 0.2) is 6.04 Å². The quantitative estimate of drug-likeness (QED) is 0.586. The van der Waals surface area contributed by atoms with Gasteiger partial charge in [0.25, 0.3) is 5.91 Å². The first-order chi connectivity index (χ1) is 14.7. The normalized spacial score (nSPS) is 32.7. The number of rotatable bonds is 8. The summed E-state index contributed by atoms with van der Waals surface area (Å²) in [6, 6.07) is 1.29. The molecule has 31 heavy (non-hydrogen) atoms. The maximum atomic E-state index is 14.9. The van der Waals surface area contributed by atoms with Gasteiger partial charge in [0.05, 0.1) is 18.3 Å². The number of carboxylic acids is 1. The van der Waals surface area contributed by atoms with Gasteiger partial charge in [0.2, 0.25) is 0 Å². The van der Waals surface area contributed by atoms with Crippen molar-refractivity contribution >= 4 is 11.9 Å². The van der Waals surface area contributed by atoms with E-state index in [2.05, 4.69) is 5.32 Å². The van der Waals surface area contributed by atoms with Crippen LogP contribution in [0.3, 0.4) is 0 Å². The number of halogens is 1. The molecule has 7 heteroatoms. The Bertz CT molecular complexity index is 892. The van der Waals surface area contributed by atoms with Crippen LogP contribution in [0, 0.1) is 29.0 Å². The van der Waals surface area contributed by atoms with Gasteiger partial charge >= 0.3 is 5.97 Å². The Kier molecular flexibility index (Phi) is 5.00. The number of aliphatic carboxylic acids is 1. The molecule has 0 aromatic heterocycles. The molecule has 4 bridgehead atoms. The number of carbonyl (C=O) groups is 2. The van der Waals surface area contributed by atoms with Gasteiger partial charge in [0, 0.05) is 11.5 Å². The smallest absolute Gasteiger partial charge is 0.328 e. The zero-order valence-electron chi connectivity index (χ0n) is 17.8. The van der Waals surface area contributed by atoms with Gasteiger partial charge in [-0.25, -0.2) is 9.18 Å². The zero-order valence-corrected chi connectivity index (χ0v) is 17.8. The van der Waals surface area contributed by atoms with E-state index in [1.54, 1.807) is 0 Å². The molecule has 0 spiro atoms. The number of carbonyl (C=O) groups excluding carboxylic acids is 1. The predicted molar refractivity (Wildman–Crippen MR) is 110 cm³/mol. The fourth-order valence-electron chi connectivity index (χ4n) is 6.58. The Balaban J connectivity index is 1.34. The summed E-state index contributed by atoms with van der Waals surface area (Å²) in [5, 5.41) is 21.0. The van der Waals surface area contributed by atoms with Gasteiger partial charge in [-0.2, -0.15) is 0 Å². The van der Waals surface area contributed by atoms with Crippen LogP contribution in [-0.2, 0) is 4.79 Å². The van der Waals surface area contributed by atoms with E-state index in [-0.39, 0.29) is 16.9 Å². The molecule has 0 heterocycles. The minimum atomic E-state index is -1.50. The number of nitrogens with one attached hydrogen (secondary N) is 1. The molecule has 0 aliphatic heterocycles. The Labute approximate surface area is 181 Å². The van der Waals surface area contributed by atoms with Gasteiger partial charge in [-0.05, 0) is 87.2 Å². The summed E-state index contributed by atoms with van der Waals surface area (Å²) in [6.07, 6.45) is 6.99. The Hall–Kier alpha value is -2.15. The summed E-state index contributed by atoms with van der Waals surface area (Å²) in [7, 11) is 0. The van der Waals surface area contributed by atoms with E-state index in [0.29, 0.717) is 12.4 Å². The third-order valence-electron chi connectivity index (χ3n) is 7.98. The number of benzene rings is 1. The van der Waals surface area contributed by atoms with E-state index in [4.69, 9.17) is 4.74 Å². The minimum absolute atomic E-state index is 0.209. The lowest BCUT2D eigenvalue weighted by Gasteiger charge is -2.38. The summed E-state index contributed by atoms with van der Waals surface area (Å²) < 4.78 is 21.1. The van der Waals surface area contributed by atoms with Crippen molar-refractivity contribution in [2.24, 2.45) is 23.2 Å². The summed E-state index contributed by atoms with van der Waals surface area (Å²) in [5.41, 5.74) is 0.831. The molecule has 3 N–H and O–H groups in total. The average Bonchev–Trinajstić information content (AvgIpc) is 3.46. The molecule has 1 amide bonds. The van der Waals surface area contributed by atoms with Crippen molar-refractivity contribution in [3.8, 4) is 5.75 Å². The molecule has 6 nitrogen and oxygen atoms in total. The van der Waals surface area contributed by atoms with Gasteiger partial charge in [-0.15, -0.1) is 0 Å². The molecule has 2 unspecified atom stereocenters. The summed E-state index contributed by atoms with van der Waals surface area (Å²) in [4.78, 5) is 23.8. The molecule has 168 valence electrons. The minimum Gasteiger partial charge on any atom is -0.493 e. The predicted octanol–water partition coefficient (Wildman–Crippen LogP) is 3.47. The molecular formula is C24H30FNO5. The van der Waals surface area contributed by atoms with Gasteiger partial charge < -0.3 is 20.3 Å². The van der Waals surface area contributed by atoms with Crippen molar-refractivity contribution in [2.75, 3.05) is 6.61 Å². The summed E-state index contributed by atoms with van der Waals surface area (Å²) in [5.74, 6) is 0.299. The third-order valence-corrected chi connectivity index (χ3v) is 7.98. The fraction of sp³-hybridized carbons (Fsp3) is 0.667. The summed E-state index contributed by atoms with van der Waals surface area (Å²) in [6.45, 7) is 1.87. The van der Waals surface area contributed by atoms with Crippen molar-refractivity contribution < 1.29 is 28.9 Å². The van der Waals surface area contributed by atoms with Gasteiger partial charge in [0.1, 0.15) is 11.6 Å². The molecular weight excluding hydrogens is 401 g/mol. The molecule has 0 saturated heterocycles. The topological polar surface area (TPSA) is 95.9 Å². The second kappa shape index (κ2) is 7.47. The average molecular weight is 432 g/mol. The maximum absolute atomic E-state index is 14.9. The third kappa shape index (κ3) is 3.81. The van der Waals surface area contributed by atoms with E-state index >= 15 is 0 Å². The standard InChI is InChI=1S/C24H30FNO5/c1-12(27)21(23(29)30)26-22(28)18-6-17(14-2-3-14)20(7-19(18)25)31-11-24-8-13-4-15(9-24)16(5-13)10-24/h6-7,12-16,21,27H,2-5,8-11H2,1H3,(H,26,28)(H,29,30)/t12-,13?,15?,16?,21+,24?/m1/s1. The molecule has 5 aliphatic rings. The lowest BCUT2D eigenvalue weighted by molar-refractivity contribution is -0.141. The van der Waals surface area contributed by atoms with Crippen LogP contribution in [0.4, 0.5) is 4.39 Å². The van der Waals surface area contributed by atoms with Crippen LogP contribution in [0.25, 0.3) is 0 Å². The summed E-state index contributed by atoms with van der Waals surface area (Å²) >= 11 is 0. The van der Waals surface area contributed by atoms with Crippen molar-refractivity contribution in [3.63, 3.8) is 0 Å². The number of aliphatic hydroxyl groups excluding tert-OH is 1. The second-order valence-corrected chi connectivity index (χ2v) is 10.4. The van der Waals surface area contributed by atoms with E-state index in [9.17, 15) is 24.2 Å². The Morgan fingerprint density at radius 1 is 1.23 bits per heavy atom. The van der Waals surface area contributed by atoms with E-state index in [1.807, 2.05) is 0 Å². The number of hydrogen-bond acceptors (Lipinski definition) is 4. The number of ether oxygens (including phenoxy) is 1. The highest BCUT2D eigenvalue weighted by atomic mass is 19.1. The van der Waals surface area contributed by atoms with Crippen molar-refractivity contribution in [2.45, 2.75) is 69.9 Å². The highest BCUT2D eigenvalue weighted by Crippen LogP contribution is 2.64. The van der Waals surface area contributed by atoms with E-state index in [0.717, 1.165) is 36.2 Å². The molecule has 0 radical (unpaired) electrons. The van der Waals surface area contributed by atoms with Crippen LogP contribution >= 0.6 is 0 Å². The van der Waals surface area contributed by atoms with Crippen molar-refractivity contribution in [3.05, 3.63) is 29.1 Å². The molecule has 4 atom stereocenters. The Morgan fingerprint density at radius 2 is 1.90 bits per heavy atom. The maximum Gasteiger partial charge on any atom is 0.328 e. The van der Waals surface area contributed by atoms with Crippen LogP contribution < -0.4 is 10.1 Å². The van der Waals surface area contributed by atoms with Gasteiger partial charge in [-0.3, -0.25) is 4.79 Å². The first-order valence-corrected chi connectivity index (χ1v) is 11.4. The monoisotopic (exact) mass is 431 g/mol. The van der Waals surface area contributed by atoms with Crippen molar-refractivity contribution in [1.29, 1.82) is 0 Å². The van der Waals surface area contributed by atoms with E-state index in [1.165, 1.54) is 51.2 Å². The largest absolute Gasteiger partial charge is 0.493 e. The molecule has 5 aliphatic carbocycles. The zero-order chi connectivity index (χ0) is 21.9. The van der Waals surface area contributed by atoms with Crippen LogP contribution in [0.2, 0.25) is 0 Å². The van der Waals surface area contributed by atoms with Crippen molar-refractivity contribution in [1.82, 2.24) is 5.32 Å².